The summed E-state index contributed by atoms with van der Waals surface area (Å²) in [6.45, 7) is 1.91. The monoisotopic (exact) mass is 598 g/mol. The predicted octanol–water partition coefficient (Wildman–Crippen LogP) is 4.66. The van der Waals surface area contributed by atoms with E-state index in [0.29, 0.717) is 5.56 Å². The first kappa shape index (κ1) is 27.9. The molecule has 0 atom stereocenters. The van der Waals surface area contributed by atoms with Crippen LogP contribution in [0.15, 0.2) is 115 Å². The van der Waals surface area contributed by atoms with Crippen LogP contribution in [0.2, 0.25) is 0 Å². The van der Waals surface area contributed by atoms with Crippen LogP contribution in [0.4, 0.5) is 0 Å². The van der Waals surface area contributed by atoms with Gasteiger partial charge in [0.15, 0.2) is 0 Å². The van der Waals surface area contributed by atoms with E-state index < -0.39 is 17.6 Å². The Morgan fingerprint density at radius 3 is 1.54 bits per heavy atom. The molecule has 6 heteroatoms. The molecule has 0 saturated carbocycles. The Morgan fingerprint density at radius 1 is 0.595 bits per heavy atom. The quantitative estimate of drug-likeness (QED) is 0.176. The predicted molar refractivity (Wildman–Crippen MR) is 148 cm³/mol. The van der Waals surface area contributed by atoms with E-state index in [1.54, 1.807) is 48.5 Å². The normalized spacial score (nSPS) is 9.97. The molecular formula is C31H30N2O3Sn. The van der Waals surface area contributed by atoms with Gasteiger partial charge in [0.1, 0.15) is 0 Å². The van der Waals surface area contributed by atoms with Crippen molar-refractivity contribution in [2.24, 2.45) is 0 Å². The van der Waals surface area contributed by atoms with Gasteiger partial charge in [0, 0.05) is 12.0 Å². The molecule has 0 heterocycles. The van der Waals surface area contributed by atoms with Crippen LogP contribution in [-0.2, 0) is 24.9 Å². The first-order chi connectivity index (χ1) is 18.0. The van der Waals surface area contributed by atoms with Crippen LogP contribution in [-0.4, -0.2) is 38.7 Å². The van der Waals surface area contributed by atoms with Crippen molar-refractivity contribution >= 4 is 38.7 Å². The van der Waals surface area contributed by atoms with Crippen molar-refractivity contribution in [1.82, 2.24) is 10.9 Å². The van der Waals surface area contributed by atoms with Gasteiger partial charge >= 0.3 is 108 Å². The number of aryl methyl sites for hydroxylation is 1. The van der Waals surface area contributed by atoms with Crippen LogP contribution in [0.25, 0.3) is 0 Å². The van der Waals surface area contributed by atoms with E-state index in [2.05, 4.69) is 71.5 Å². The molecule has 0 aliphatic rings. The molecule has 0 bridgehead atoms. The van der Waals surface area contributed by atoms with E-state index in [0.717, 1.165) is 11.1 Å². The van der Waals surface area contributed by atoms with Gasteiger partial charge < -0.3 is 0 Å². The number of amides is 2. The summed E-state index contributed by atoms with van der Waals surface area (Å²) in [4.78, 5) is 35.2. The molecule has 0 aliphatic carbocycles. The van der Waals surface area contributed by atoms with Crippen LogP contribution in [0.5, 0.6) is 0 Å². The Bertz CT molecular complexity index is 1220. The van der Waals surface area contributed by atoms with Crippen LogP contribution < -0.4 is 10.9 Å². The Kier molecular flexibility index (Phi) is 11.6. The van der Waals surface area contributed by atoms with Gasteiger partial charge in [-0.2, -0.15) is 0 Å². The summed E-state index contributed by atoms with van der Waals surface area (Å²) < 4.78 is 2.69. The zero-order valence-electron chi connectivity index (χ0n) is 20.8. The molecule has 0 spiro atoms. The van der Waals surface area contributed by atoms with E-state index >= 15 is 0 Å². The second kappa shape index (κ2) is 15.4. The molecule has 0 fully saturated rings. The Hall–Kier alpha value is -3.71. The first-order valence-corrected chi connectivity index (χ1v) is 16.1. The number of hydrogen-bond acceptors (Lipinski definition) is 3. The average molecular weight is 597 g/mol. The number of rotatable bonds is 8. The third-order valence-electron chi connectivity index (χ3n) is 5.41. The van der Waals surface area contributed by atoms with Crippen molar-refractivity contribution in [3.63, 3.8) is 0 Å². The van der Waals surface area contributed by atoms with Gasteiger partial charge in [-0.05, 0) is 24.6 Å². The summed E-state index contributed by atoms with van der Waals surface area (Å²) in [5.41, 5.74) is 9.55. The Labute approximate surface area is 228 Å². The van der Waals surface area contributed by atoms with Crippen molar-refractivity contribution in [3.8, 4) is 0 Å². The SMILES string of the molecule is Cc1ccc(C(=O)NNC(=O)C(=O)Cc2ccccc2)cc1.c1ccc([CH2][Sn][CH2]c2ccccc2)cc1. The third-order valence-corrected chi connectivity index (χ3v) is 9.17. The maximum absolute atomic E-state index is 11.8. The standard InChI is InChI=1S/C17H16N2O3.2C7H7.Sn/c1-12-7-9-14(10-8-12)16(21)18-19-17(22)15(20)11-13-5-3-2-4-6-13;2*1-7-5-3-2-4-6-7;/h2-10H,11H2,1H3,(H,18,21)(H,19,22);2*2-6H,1H2;. The summed E-state index contributed by atoms with van der Waals surface area (Å²) in [5, 5.41) is 0. The molecule has 186 valence electrons. The second-order valence-corrected chi connectivity index (χ2v) is 11.9. The van der Waals surface area contributed by atoms with Crippen LogP contribution in [0.3, 0.4) is 0 Å². The van der Waals surface area contributed by atoms with E-state index in [1.807, 2.05) is 13.0 Å². The number of carbonyl (C=O) groups excluding carboxylic acids is 3. The molecule has 0 unspecified atom stereocenters. The van der Waals surface area contributed by atoms with E-state index in [-0.39, 0.29) is 27.6 Å². The Morgan fingerprint density at radius 2 is 1.05 bits per heavy atom. The van der Waals surface area contributed by atoms with Crippen molar-refractivity contribution in [1.29, 1.82) is 0 Å². The summed E-state index contributed by atoms with van der Waals surface area (Å²) in [6, 6.07) is 37.5. The van der Waals surface area contributed by atoms with Gasteiger partial charge in [-0.3, -0.25) is 25.2 Å². The first-order valence-electron chi connectivity index (χ1n) is 12.0. The van der Waals surface area contributed by atoms with Crippen molar-refractivity contribution < 1.29 is 14.4 Å². The van der Waals surface area contributed by atoms with Gasteiger partial charge in [-0.15, -0.1) is 0 Å². The zero-order valence-corrected chi connectivity index (χ0v) is 23.7. The van der Waals surface area contributed by atoms with Crippen molar-refractivity contribution in [2.45, 2.75) is 22.2 Å². The molecule has 4 aromatic carbocycles. The Balaban J connectivity index is 0.000000220. The number of hydrogen-bond donors (Lipinski definition) is 2. The van der Waals surface area contributed by atoms with Crippen LogP contribution in [0.1, 0.15) is 32.6 Å². The van der Waals surface area contributed by atoms with Crippen molar-refractivity contribution in [2.75, 3.05) is 0 Å². The van der Waals surface area contributed by atoms with Gasteiger partial charge in [-0.1, -0.05) is 48.0 Å². The summed E-state index contributed by atoms with van der Waals surface area (Å²) in [5.74, 6) is -1.93. The van der Waals surface area contributed by atoms with E-state index in [4.69, 9.17) is 0 Å². The summed E-state index contributed by atoms with van der Waals surface area (Å²) >= 11 is -0.258. The van der Waals surface area contributed by atoms with Gasteiger partial charge in [-0.25, -0.2) is 0 Å². The number of Topliss-reactive ketones (excluding diaryl/α,β-unsaturated/α-hetero) is 1. The summed E-state index contributed by atoms with van der Waals surface area (Å²) in [6.07, 6.45) is -0.00687. The molecule has 5 nitrogen and oxygen atoms in total. The molecule has 37 heavy (non-hydrogen) atoms. The minimum atomic E-state index is -0.843. The topological polar surface area (TPSA) is 75.3 Å². The number of hydrazine groups is 1. The number of nitrogens with one attached hydrogen (secondary N) is 2. The molecule has 0 aromatic heterocycles. The van der Waals surface area contributed by atoms with E-state index in [1.165, 1.54) is 20.0 Å². The summed E-state index contributed by atoms with van der Waals surface area (Å²) in [7, 11) is 0. The zero-order chi connectivity index (χ0) is 26.3. The van der Waals surface area contributed by atoms with Gasteiger partial charge in [0.25, 0.3) is 5.91 Å². The molecule has 0 saturated heterocycles. The molecule has 2 N–H and O–H groups in total. The number of carbonyl (C=O) groups is 3. The second-order valence-electron chi connectivity index (χ2n) is 8.43. The average Bonchev–Trinajstić information content (AvgIpc) is 2.94. The van der Waals surface area contributed by atoms with Crippen LogP contribution >= 0.6 is 0 Å². The van der Waals surface area contributed by atoms with Crippen molar-refractivity contribution in [3.05, 3.63) is 143 Å². The fourth-order valence-electron chi connectivity index (χ4n) is 3.36. The fraction of sp³-hybridized carbons (Fsp3) is 0.129. The third kappa shape index (κ3) is 10.4. The minimum absolute atomic E-state index is 0.00687. The molecule has 2 amide bonds. The van der Waals surface area contributed by atoms with Crippen LogP contribution in [0, 0.1) is 6.92 Å². The molecule has 4 rings (SSSR count). The molecular weight excluding hydrogens is 567 g/mol. The molecule has 4 aromatic rings. The molecule has 0 aliphatic heterocycles. The van der Waals surface area contributed by atoms with Gasteiger partial charge in [0.05, 0.1) is 0 Å². The number of ketones is 1. The van der Waals surface area contributed by atoms with E-state index in [9.17, 15) is 14.4 Å². The van der Waals surface area contributed by atoms with Gasteiger partial charge in [0.2, 0.25) is 5.78 Å². The molecule has 2 radical (unpaired) electrons. The fourth-order valence-corrected chi connectivity index (χ4v) is 6.71. The maximum atomic E-state index is 11.8. The number of benzene rings is 4.